The second-order valence-corrected chi connectivity index (χ2v) is 7.31. The van der Waals surface area contributed by atoms with Gasteiger partial charge in [0, 0.05) is 32.6 Å². The number of para-hydroxylation sites is 2. The Bertz CT molecular complexity index is 1540. The van der Waals surface area contributed by atoms with Gasteiger partial charge in [-0.2, -0.15) is 0 Å². The molecule has 0 unspecified atom stereocenters. The van der Waals surface area contributed by atoms with Gasteiger partial charge in [0.05, 0.1) is 5.52 Å². The molecule has 29 heavy (non-hydrogen) atoms. The summed E-state index contributed by atoms with van der Waals surface area (Å²) in [4.78, 5) is 3.55. The van der Waals surface area contributed by atoms with E-state index < -0.39 is 7.12 Å². The standard InChI is InChI=1S/C24H16BNO3/c27-25(28)19-8-4-10-22-23(19)18-13-14(11-12-21(18)29-22)15-6-3-7-17-16-5-1-2-9-20(16)26-24(15)17/h1-13,26-28H. The van der Waals surface area contributed by atoms with Crippen molar-refractivity contribution >= 4 is 56.3 Å². The number of hydrogen-bond donors (Lipinski definition) is 3. The Morgan fingerprint density at radius 2 is 1.55 bits per heavy atom. The highest BCUT2D eigenvalue weighted by molar-refractivity contribution is 6.62. The number of rotatable bonds is 2. The summed E-state index contributed by atoms with van der Waals surface area (Å²) >= 11 is 0. The maximum atomic E-state index is 9.82. The number of nitrogens with one attached hydrogen (secondary N) is 1. The van der Waals surface area contributed by atoms with Crippen LogP contribution in [0.1, 0.15) is 0 Å². The first kappa shape index (κ1) is 16.4. The first-order chi connectivity index (χ1) is 14.2. The van der Waals surface area contributed by atoms with Crippen LogP contribution in [0.3, 0.4) is 0 Å². The van der Waals surface area contributed by atoms with Crippen molar-refractivity contribution in [1.29, 1.82) is 0 Å². The third kappa shape index (κ3) is 2.35. The normalized spacial score (nSPS) is 11.8. The zero-order chi connectivity index (χ0) is 19.5. The zero-order valence-electron chi connectivity index (χ0n) is 15.4. The highest BCUT2D eigenvalue weighted by atomic mass is 16.4. The molecule has 0 atom stereocenters. The number of hydrogen-bond acceptors (Lipinski definition) is 3. The number of fused-ring (bicyclic) bond motifs is 6. The van der Waals surface area contributed by atoms with E-state index in [4.69, 9.17) is 4.42 Å². The summed E-state index contributed by atoms with van der Waals surface area (Å²) in [5.41, 5.74) is 6.14. The number of aromatic amines is 1. The topological polar surface area (TPSA) is 69.4 Å². The molecule has 2 heterocycles. The van der Waals surface area contributed by atoms with Crippen LogP contribution in [0.4, 0.5) is 0 Å². The zero-order valence-corrected chi connectivity index (χ0v) is 15.4. The minimum absolute atomic E-state index is 0.447. The van der Waals surface area contributed by atoms with Gasteiger partial charge >= 0.3 is 7.12 Å². The van der Waals surface area contributed by atoms with E-state index in [1.54, 1.807) is 12.1 Å². The summed E-state index contributed by atoms with van der Waals surface area (Å²) in [6, 6.07) is 26.0. The Balaban J connectivity index is 1.67. The molecule has 0 fully saturated rings. The molecule has 6 aromatic rings. The molecule has 4 aromatic carbocycles. The fourth-order valence-corrected chi connectivity index (χ4v) is 4.35. The van der Waals surface area contributed by atoms with E-state index in [1.165, 1.54) is 10.8 Å². The van der Waals surface area contributed by atoms with Crippen molar-refractivity contribution in [2.45, 2.75) is 0 Å². The molecular weight excluding hydrogens is 361 g/mol. The maximum absolute atomic E-state index is 9.82. The van der Waals surface area contributed by atoms with Crippen LogP contribution in [0.25, 0.3) is 54.9 Å². The van der Waals surface area contributed by atoms with Gasteiger partial charge in [0.1, 0.15) is 11.2 Å². The molecule has 0 saturated heterocycles. The van der Waals surface area contributed by atoms with Gasteiger partial charge in [0.25, 0.3) is 0 Å². The van der Waals surface area contributed by atoms with Gasteiger partial charge in [-0.25, -0.2) is 0 Å². The third-order valence-corrected chi connectivity index (χ3v) is 5.66. The van der Waals surface area contributed by atoms with Crippen molar-refractivity contribution in [3.8, 4) is 11.1 Å². The Labute approximate surface area is 166 Å². The van der Waals surface area contributed by atoms with Gasteiger partial charge < -0.3 is 19.4 Å². The number of furan rings is 1. The molecule has 0 radical (unpaired) electrons. The van der Waals surface area contributed by atoms with E-state index in [9.17, 15) is 10.0 Å². The Kier molecular flexibility index (Phi) is 3.39. The highest BCUT2D eigenvalue weighted by Gasteiger charge is 2.20. The van der Waals surface area contributed by atoms with Crippen LogP contribution in [0.2, 0.25) is 0 Å². The second-order valence-electron chi connectivity index (χ2n) is 7.31. The van der Waals surface area contributed by atoms with Gasteiger partial charge in [0.15, 0.2) is 0 Å². The average molecular weight is 377 g/mol. The van der Waals surface area contributed by atoms with E-state index in [2.05, 4.69) is 41.4 Å². The minimum atomic E-state index is -1.56. The SMILES string of the molecule is OB(O)c1cccc2oc3ccc(-c4cccc5c4[nH]c4ccccc45)cc3c12. The summed E-state index contributed by atoms with van der Waals surface area (Å²) in [7, 11) is -1.56. The monoisotopic (exact) mass is 377 g/mol. The molecular formula is C24H16BNO3. The van der Waals surface area contributed by atoms with E-state index >= 15 is 0 Å². The van der Waals surface area contributed by atoms with Crippen molar-refractivity contribution in [3.63, 3.8) is 0 Å². The van der Waals surface area contributed by atoms with Gasteiger partial charge in [0.2, 0.25) is 0 Å². The van der Waals surface area contributed by atoms with Crippen LogP contribution in [0.15, 0.2) is 83.3 Å². The van der Waals surface area contributed by atoms with Crippen molar-refractivity contribution < 1.29 is 14.5 Å². The average Bonchev–Trinajstić information content (AvgIpc) is 3.31. The molecule has 0 spiro atoms. The summed E-state index contributed by atoms with van der Waals surface area (Å²) in [5.74, 6) is 0. The Morgan fingerprint density at radius 1 is 0.724 bits per heavy atom. The summed E-state index contributed by atoms with van der Waals surface area (Å²) < 4.78 is 5.94. The maximum Gasteiger partial charge on any atom is 0.489 e. The summed E-state index contributed by atoms with van der Waals surface area (Å²) in [6.45, 7) is 0. The number of H-pyrrole nitrogens is 1. The van der Waals surface area contributed by atoms with Crippen LogP contribution in [0.5, 0.6) is 0 Å². The van der Waals surface area contributed by atoms with E-state index in [1.807, 2.05) is 30.3 Å². The van der Waals surface area contributed by atoms with Crippen molar-refractivity contribution in [2.75, 3.05) is 0 Å². The lowest BCUT2D eigenvalue weighted by Crippen LogP contribution is -2.30. The van der Waals surface area contributed by atoms with Gasteiger partial charge in [-0.1, -0.05) is 54.6 Å². The largest absolute Gasteiger partial charge is 0.489 e. The van der Waals surface area contributed by atoms with Crippen molar-refractivity contribution in [1.82, 2.24) is 4.98 Å². The molecule has 0 aliphatic carbocycles. The van der Waals surface area contributed by atoms with Crippen molar-refractivity contribution in [3.05, 3.63) is 78.9 Å². The predicted octanol–water partition coefficient (Wildman–Crippen LogP) is 4.57. The lowest BCUT2D eigenvalue weighted by Gasteiger charge is -2.05. The third-order valence-electron chi connectivity index (χ3n) is 5.66. The Morgan fingerprint density at radius 3 is 2.45 bits per heavy atom. The Hall–Kier alpha value is -3.54. The lowest BCUT2D eigenvalue weighted by molar-refractivity contribution is 0.426. The molecule has 2 aromatic heterocycles. The highest BCUT2D eigenvalue weighted by Crippen LogP contribution is 2.36. The molecule has 0 amide bonds. The van der Waals surface area contributed by atoms with E-state index in [-0.39, 0.29) is 0 Å². The smallest absolute Gasteiger partial charge is 0.456 e. The van der Waals surface area contributed by atoms with E-state index in [0.717, 1.165) is 38.5 Å². The molecule has 4 nitrogen and oxygen atoms in total. The van der Waals surface area contributed by atoms with Crippen LogP contribution in [-0.2, 0) is 0 Å². The summed E-state index contributed by atoms with van der Waals surface area (Å²) in [5, 5.41) is 23.6. The predicted molar refractivity (Wildman–Crippen MR) is 118 cm³/mol. The number of benzene rings is 4. The van der Waals surface area contributed by atoms with Crippen LogP contribution >= 0.6 is 0 Å². The fraction of sp³-hybridized carbons (Fsp3) is 0. The van der Waals surface area contributed by atoms with E-state index in [0.29, 0.717) is 11.0 Å². The first-order valence-electron chi connectivity index (χ1n) is 9.52. The van der Waals surface area contributed by atoms with Crippen LogP contribution in [-0.4, -0.2) is 22.2 Å². The van der Waals surface area contributed by atoms with Gasteiger partial charge in [-0.3, -0.25) is 0 Å². The van der Waals surface area contributed by atoms with Gasteiger partial charge in [-0.05, 0) is 35.3 Å². The minimum Gasteiger partial charge on any atom is -0.456 e. The molecule has 0 saturated carbocycles. The summed E-state index contributed by atoms with van der Waals surface area (Å²) in [6.07, 6.45) is 0. The molecule has 0 bridgehead atoms. The molecule has 138 valence electrons. The molecule has 0 aliphatic heterocycles. The molecule has 6 rings (SSSR count). The second kappa shape index (κ2) is 5.98. The molecule has 3 N–H and O–H groups in total. The first-order valence-corrected chi connectivity index (χ1v) is 9.52. The van der Waals surface area contributed by atoms with Crippen LogP contribution < -0.4 is 5.46 Å². The fourth-order valence-electron chi connectivity index (χ4n) is 4.35. The van der Waals surface area contributed by atoms with Gasteiger partial charge in [-0.15, -0.1) is 0 Å². The van der Waals surface area contributed by atoms with Crippen molar-refractivity contribution in [2.24, 2.45) is 0 Å². The lowest BCUT2D eigenvalue weighted by atomic mass is 9.77. The quantitative estimate of drug-likeness (QED) is 0.387. The molecule has 5 heteroatoms. The molecule has 0 aliphatic rings. The number of aromatic nitrogens is 1. The van der Waals surface area contributed by atoms with Crippen LogP contribution in [0, 0.1) is 0 Å².